The molecule has 0 spiro atoms. The van der Waals surface area contributed by atoms with E-state index in [9.17, 15) is 9.59 Å². The van der Waals surface area contributed by atoms with Crippen molar-refractivity contribution in [2.45, 2.75) is 25.5 Å². The highest BCUT2D eigenvalue weighted by Crippen LogP contribution is 2.13. The van der Waals surface area contributed by atoms with Crippen molar-refractivity contribution in [3.8, 4) is 0 Å². The highest BCUT2D eigenvalue weighted by Gasteiger charge is 2.26. The molecule has 1 atom stereocenters. The Morgan fingerprint density at radius 1 is 1.68 bits per heavy atom. The number of esters is 1. The lowest BCUT2D eigenvalue weighted by atomic mass is 10.3. The van der Waals surface area contributed by atoms with Crippen LogP contribution in [-0.4, -0.2) is 46.3 Å². The molecule has 1 saturated heterocycles. The van der Waals surface area contributed by atoms with E-state index in [2.05, 4.69) is 15.6 Å². The topological polar surface area (TPSA) is 95.3 Å². The SMILES string of the molecule is CCOC(=O)c1nnn(CC2CNC(=O)O2)c1CCl. The zero-order valence-electron chi connectivity index (χ0n) is 10.3. The third-order valence-electron chi connectivity index (χ3n) is 2.56. The maximum absolute atomic E-state index is 11.6. The number of hydrogen-bond donors (Lipinski definition) is 1. The molecule has 1 amide bonds. The van der Waals surface area contributed by atoms with Gasteiger partial charge >= 0.3 is 12.1 Å². The second-order valence-electron chi connectivity index (χ2n) is 3.83. The van der Waals surface area contributed by atoms with E-state index in [-0.39, 0.29) is 30.8 Å². The summed E-state index contributed by atoms with van der Waals surface area (Å²) in [6, 6.07) is 0. The van der Waals surface area contributed by atoms with E-state index in [1.54, 1.807) is 6.92 Å². The largest absolute Gasteiger partial charge is 0.461 e. The Bertz CT molecular complexity index is 490. The highest BCUT2D eigenvalue weighted by molar-refractivity contribution is 6.17. The second-order valence-corrected chi connectivity index (χ2v) is 4.10. The van der Waals surface area contributed by atoms with Crippen LogP contribution in [0.3, 0.4) is 0 Å². The lowest BCUT2D eigenvalue weighted by molar-refractivity contribution is 0.0518. The molecule has 0 aromatic carbocycles. The Balaban J connectivity index is 2.13. The van der Waals surface area contributed by atoms with Crippen molar-refractivity contribution in [2.24, 2.45) is 0 Å². The van der Waals surface area contributed by atoms with Crippen LogP contribution in [0.2, 0.25) is 0 Å². The fourth-order valence-corrected chi connectivity index (χ4v) is 1.96. The Kier molecular flexibility index (Phi) is 4.20. The molecule has 2 rings (SSSR count). The highest BCUT2D eigenvalue weighted by atomic mass is 35.5. The molecular formula is C10H13ClN4O4. The molecule has 1 fully saturated rings. The van der Waals surface area contributed by atoms with Crippen LogP contribution < -0.4 is 5.32 Å². The summed E-state index contributed by atoms with van der Waals surface area (Å²) in [5.74, 6) is -0.499. The molecule has 104 valence electrons. The quantitative estimate of drug-likeness (QED) is 0.618. The van der Waals surface area contributed by atoms with E-state index in [1.807, 2.05) is 0 Å². The molecule has 0 radical (unpaired) electrons. The van der Waals surface area contributed by atoms with Crippen molar-refractivity contribution in [3.63, 3.8) is 0 Å². The zero-order chi connectivity index (χ0) is 13.8. The summed E-state index contributed by atoms with van der Waals surface area (Å²) in [5.41, 5.74) is 0.539. The number of hydrogen-bond acceptors (Lipinski definition) is 6. The Morgan fingerprint density at radius 2 is 2.47 bits per heavy atom. The molecule has 0 saturated carbocycles. The van der Waals surface area contributed by atoms with E-state index in [1.165, 1.54) is 4.68 Å². The standard InChI is InChI=1S/C10H13ClN4O4/c1-2-18-9(16)8-7(3-11)15(14-13-8)5-6-4-12-10(17)19-6/h6H,2-5H2,1H3,(H,12,17). The van der Waals surface area contributed by atoms with Crippen LogP contribution in [0, 0.1) is 0 Å². The lowest BCUT2D eigenvalue weighted by Gasteiger charge is -2.09. The van der Waals surface area contributed by atoms with E-state index in [0.717, 1.165) is 0 Å². The number of amides is 1. The van der Waals surface area contributed by atoms with E-state index in [4.69, 9.17) is 21.1 Å². The van der Waals surface area contributed by atoms with Gasteiger partial charge in [0.15, 0.2) is 5.69 Å². The smallest absolute Gasteiger partial charge is 0.407 e. The molecule has 1 aliphatic heterocycles. The summed E-state index contributed by atoms with van der Waals surface area (Å²) >= 11 is 5.80. The molecule has 1 N–H and O–H groups in total. The van der Waals surface area contributed by atoms with Crippen molar-refractivity contribution in [1.82, 2.24) is 20.3 Å². The van der Waals surface area contributed by atoms with Crippen LogP contribution in [0.5, 0.6) is 0 Å². The van der Waals surface area contributed by atoms with Gasteiger partial charge in [0.1, 0.15) is 6.10 Å². The number of alkyl carbamates (subject to hydrolysis) is 1. The lowest BCUT2D eigenvalue weighted by Crippen LogP contribution is -2.22. The van der Waals surface area contributed by atoms with Gasteiger partial charge in [0.25, 0.3) is 0 Å². The van der Waals surface area contributed by atoms with Gasteiger partial charge in [-0.1, -0.05) is 5.21 Å². The third kappa shape index (κ3) is 2.95. The van der Waals surface area contributed by atoms with Crippen LogP contribution in [0.15, 0.2) is 0 Å². The van der Waals surface area contributed by atoms with Crippen LogP contribution in [0.25, 0.3) is 0 Å². The summed E-state index contributed by atoms with van der Waals surface area (Å²) < 4.78 is 11.3. The van der Waals surface area contributed by atoms with Gasteiger partial charge in [-0.2, -0.15) is 0 Å². The van der Waals surface area contributed by atoms with Crippen molar-refractivity contribution in [3.05, 3.63) is 11.4 Å². The number of halogens is 1. The maximum atomic E-state index is 11.6. The van der Waals surface area contributed by atoms with Crippen LogP contribution >= 0.6 is 11.6 Å². The molecule has 19 heavy (non-hydrogen) atoms. The van der Waals surface area contributed by atoms with Crippen LogP contribution in [0.4, 0.5) is 4.79 Å². The van der Waals surface area contributed by atoms with Gasteiger partial charge in [0, 0.05) is 0 Å². The average molecular weight is 289 g/mol. The minimum Gasteiger partial charge on any atom is -0.461 e. The number of nitrogens with one attached hydrogen (secondary N) is 1. The van der Waals surface area contributed by atoms with E-state index < -0.39 is 12.1 Å². The Hall–Kier alpha value is -1.83. The molecule has 0 bridgehead atoms. The first-order chi connectivity index (χ1) is 9.15. The number of alkyl halides is 1. The minimum absolute atomic E-state index is 0.0647. The number of nitrogens with zero attached hydrogens (tertiary/aromatic N) is 3. The summed E-state index contributed by atoms with van der Waals surface area (Å²) in [4.78, 5) is 22.6. The zero-order valence-corrected chi connectivity index (χ0v) is 11.0. The van der Waals surface area contributed by atoms with Crippen molar-refractivity contribution in [1.29, 1.82) is 0 Å². The summed E-state index contributed by atoms with van der Waals surface area (Å²) in [7, 11) is 0. The van der Waals surface area contributed by atoms with Crippen LogP contribution in [-0.2, 0) is 21.9 Å². The van der Waals surface area contributed by atoms with Crippen molar-refractivity contribution < 1.29 is 19.1 Å². The van der Waals surface area contributed by atoms with Gasteiger partial charge < -0.3 is 14.8 Å². The number of carbonyl (C=O) groups excluding carboxylic acids is 2. The van der Waals surface area contributed by atoms with Gasteiger partial charge in [0.2, 0.25) is 0 Å². The molecule has 1 aromatic rings. The Morgan fingerprint density at radius 3 is 3.05 bits per heavy atom. The normalized spacial score (nSPS) is 18.0. The van der Waals surface area contributed by atoms with E-state index in [0.29, 0.717) is 12.2 Å². The predicted octanol–water partition coefficient (Wildman–Crippen LogP) is 0.302. The first-order valence-corrected chi connectivity index (χ1v) is 6.29. The summed E-state index contributed by atoms with van der Waals surface area (Å²) in [5, 5.41) is 10.1. The fourth-order valence-electron chi connectivity index (χ4n) is 1.70. The number of ether oxygens (including phenoxy) is 2. The van der Waals surface area contributed by atoms with Crippen molar-refractivity contribution in [2.75, 3.05) is 13.2 Å². The van der Waals surface area contributed by atoms with E-state index >= 15 is 0 Å². The third-order valence-corrected chi connectivity index (χ3v) is 2.81. The first kappa shape index (κ1) is 13.6. The first-order valence-electron chi connectivity index (χ1n) is 5.75. The monoisotopic (exact) mass is 288 g/mol. The molecule has 9 heteroatoms. The molecular weight excluding hydrogens is 276 g/mol. The van der Waals surface area contributed by atoms with Gasteiger partial charge in [-0.25, -0.2) is 14.3 Å². The number of carbonyl (C=O) groups is 2. The van der Waals surface area contributed by atoms with Gasteiger partial charge in [-0.15, -0.1) is 16.7 Å². The fraction of sp³-hybridized carbons (Fsp3) is 0.600. The molecule has 8 nitrogen and oxygen atoms in total. The minimum atomic E-state index is -0.564. The number of rotatable bonds is 5. The predicted molar refractivity (Wildman–Crippen MR) is 63.8 cm³/mol. The van der Waals surface area contributed by atoms with Gasteiger partial charge in [-0.05, 0) is 6.92 Å². The number of cyclic esters (lactones) is 1. The van der Waals surface area contributed by atoms with Crippen molar-refractivity contribution >= 4 is 23.7 Å². The summed E-state index contributed by atoms with van der Waals surface area (Å²) in [6.45, 7) is 2.62. The molecule has 1 unspecified atom stereocenters. The molecule has 1 aromatic heterocycles. The molecule has 2 heterocycles. The van der Waals surface area contributed by atoms with Gasteiger partial charge in [-0.3, -0.25) is 0 Å². The summed E-state index contributed by atoms with van der Waals surface area (Å²) in [6.07, 6.45) is -0.825. The Labute approximate surface area is 114 Å². The molecule has 0 aliphatic carbocycles. The van der Waals surface area contributed by atoms with Gasteiger partial charge in [0.05, 0.1) is 31.3 Å². The van der Waals surface area contributed by atoms with Crippen LogP contribution in [0.1, 0.15) is 23.1 Å². The average Bonchev–Trinajstić information content (AvgIpc) is 2.96. The number of aromatic nitrogens is 3. The second kappa shape index (κ2) is 5.87. The molecule has 1 aliphatic rings. The maximum Gasteiger partial charge on any atom is 0.407 e.